The number of fused-ring (bicyclic) bond motifs is 1. The molecule has 7 heteroatoms. The van der Waals surface area contributed by atoms with Crippen molar-refractivity contribution in [3.63, 3.8) is 0 Å². The van der Waals surface area contributed by atoms with Gasteiger partial charge in [0, 0.05) is 10.6 Å². The highest BCUT2D eigenvalue weighted by molar-refractivity contribution is 7.92. The van der Waals surface area contributed by atoms with Crippen LogP contribution in [0.2, 0.25) is 5.02 Å². The predicted molar refractivity (Wildman–Crippen MR) is 82.1 cm³/mol. The zero-order chi connectivity index (χ0) is 15.0. The van der Waals surface area contributed by atoms with E-state index < -0.39 is 15.9 Å². The van der Waals surface area contributed by atoms with Gasteiger partial charge in [-0.25, -0.2) is 0 Å². The third-order valence-electron chi connectivity index (χ3n) is 3.09. The van der Waals surface area contributed by atoms with Gasteiger partial charge in [-0.3, -0.25) is 4.72 Å². The summed E-state index contributed by atoms with van der Waals surface area (Å²) in [5.41, 5.74) is 1.72. The van der Waals surface area contributed by atoms with E-state index in [4.69, 9.17) is 11.6 Å². The lowest BCUT2D eigenvalue weighted by Gasteiger charge is -2.09. The van der Waals surface area contributed by atoms with Crippen LogP contribution in [0.5, 0.6) is 0 Å². The van der Waals surface area contributed by atoms with Crippen LogP contribution in [0.25, 0.3) is 0 Å². The second-order valence-corrected chi connectivity index (χ2v) is 6.76. The first-order valence-corrected chi connectivity index (χ1v) is 8.17. The molecule has 108 valence electrons. The van der Waals surface area contributed by atoms with Crippen LogP contribution in [0.4, 0.5) is 5.69 Å². The number of hydroxylamine groups is 1. The molecule has 1 aliphatic heterocycles. The number of benzene rings is 2. The van der Waals surface area contributed by atoms with Gasteiger partial charge >= 0.3 is 0 Å². The maximum Gasteiger partial charge on any atom is 0.295 e. The Balaban J connectivity index is 2.33. The van der Waals surface area contributed by atoms with Gasteiger partial charge < -0.3 is 5.21 Å². The molecule has 2 aromatic rings. The van der Waals surface area contributed by atoms with Crippen LogP contribution in [-0.4, -0.2) is 24.7 Å². The summed E-state index contributed by atoms with van der Waals surface area (Å²) >= 11 is 5.99. The number of nitrogens with one attached hydrogen (secondary N) is 1. The lowest BCUT2D eigenvalue weighted by Crippen LogP contribution is -2.24. The highest BCUT2D eigenvalue weighted by Crippen LogP contribution is 2.27. The minimum atomic E-state index is -3.74. The lowest BCUT2D eigenvalue weighted by molar-refractivity contribution is -0.434. The van der Waals surface area contributed by atoms with E-state index in [0.717, 1.165) is 0 Å². The topological polar surface area (TPSA) is 72.2 Å². The standard InChI is InChI=1S/C14H11ClN2O3S/c15-11-6-7-13-12(8-11)14(10-4-2-1-3-5-10)17(18)9-21(19,20)16-13/h1-8,16H,9H2. The van der Waals surface area contributed by atoms with Crippen molar-refractivity contribution >= 4 is 33.0 Å². The normalized spacial score (nSPS) is 16.8. The van der Waals surface area contributed by atoms with Crippen LogP contribution in [0.15, 0.2) is 48.5 Å². The second-order valence-electron chi connectivity index (χ2n) is 4.63. The van der Waals surface area contributed by atoms with Crippen molar-refractivity contribution in [3.05, 3.63) is 69.9 Å². The Labute approximate surface area is 127 Å². The number of hydrogen-bond donors (Lipinski definition) is 1. The Morgan fingerprint density at radius 1 is 1.14 bits per heavy atom. The van der Waals surface area contributed by atoms with E-state index in [1.165, 1.54) is 0 Å². The fourth-order valence-corrected chi connectivity index (χ4v) is 3.44. The molecule has 1 heterocycles. The Kier molecular flexibility index (Phi) is 3.35. The molecule has 0 aliphatic carbocycles. The first-order valence-electron chi connectivity index (χ1n) is 6.14. The zero-order valence-corrected chi connectivity index (χ0v) is 12.4. The molecule has 0 spiro atoms. The summed E-state index contributed by atoms with van der Waals surface area (Å²) in [7, 11) is -3.74. The minimum absolute atomic E-state index is 0.279. The Hall–Kier alpha value is -2.05. The molecule has 0 aromatic heterocycles. The monoisotopic (exact) mass is 322 g/mol. The molecular formula is C14H11ClN2O3S. The van der Waals surface area contributed by atoms with E-state index in [0.29, 0.717) is 26.6 Å². The maximum atomic E-state index is 12.3. The minimum Gasteiger partial charge on any atom is -0.623 e. The summed E-state index contributed by atoms with van der Waals surface area (Å²) in [6.45, 7) is 0. The molecule has 5 nitrogen and oxygen atoms in total. The number of nitrogens with zero attached hydrogens (tertiary/aromatic N) is 1. The Bertz CT molecular complexity index is 833. The smallest absolute Gasteiger partial charge is 0.295 e. The summed E-state index contributed by atoms with van der Waals surface area (Å²) in [5.74, 6) is -0.663. The summed E-state index contributed by atoms with van der Waals surface area (Å²) in [6, 6.07) is 13.6. The third-order valence-corrected chi connectivity index (χ3v) is 4.43. The van der Waals surface area contributed by atoms with Gasteiger partial charge in [0.05, 0.1) is 11.3 Å². The van der Waals surface area contributed by atoms with Crippen LogP contribution in [0, 0.1) is 5.21 Å². The number of sulfonamides is 1. The van der Waals surface area contributed by atoms with Gasteiger partial charge in [0.25, 0.3) is 15.9 Å². The van der Waals surface area contributed by atoms with Crippen molar-refractivity contribution in [3.8, 4) is 0 Å². The first-order chi connectivity index (χ1) is 9.96. The lowest BCUT2D eigenvalue weighted by atomic mass is 10.0. The molecule has 0 radical (unpaired) electrons. The van der Waals surface area contributed by atoms with Gasteiger partial charge in [0.1, 0.15) is 0 Å². The molecule has 0 atom stereocenters. The fraction of sp³-hybridized carbons (Fsp3) is 0.0714. The third kappa shape index (κ3) is 2.72. The van der Waals surface area contributed by atoms with Gasteiger partial charge in [-0.2, -0.15) is 13.2 Å². The summed E-state index contributed by atoms with van der Waals surface area (Å²) < 4.78 is 26.7. The van der Waals surface area contributed by atoms with E-state index in [-0.39, 0.29) is 5.71 Å². The molecule has 1 aliphatic rings. The molecule has 0 fully saturated rings. The van der Waals surface area contributed by atoms with Gasteiger partial charge in [0.15, 0.2) is 0 Å². The average Bonchev–Trinajstić information content (AvgIpc) is 2.51. The van der Waals surface area contributed by atoms with Crippen molar-refractivity contribution in [1.29, 1.82) is 0 Å². The molecule has 0 bridgehead atoms. The van der Waals surface area contributed by atoms with Crippen molar-refractivity contribution in [2.24, 2.45) is 0 Å². The number of anilines is 1. The van der Waals surface area contributed by atoms with E-state index in [9.17, 15) is 13.6 Å². The van der Waals surface area contributed by atoms with Crippen LogP contribution < -0.4 is 4.72 Å². The highest BCUT2D eigenvalue weighted by Gasteiger charge is 2.29. The van der Waals surface area contributed by atoms with Gasteiger partial charge in [-0.05, 0) is 30.3 Å². The van der Waals surface area contributed by atoms with Gasteiger partial charge in [-0.1, -0.05) is 29.8 Å². The summed E-state index contributed by atoms with van der Waals surface area (Å²) in [4.78, 5) is 0. The van der Waals surface area contributed by atoms with E-state index in [2.05, 4.69) is 4.72 Å². The molecule has 2 aromatic carbocycles. The van der Waals surface area contributed by atoms with Crippen molar-refractivity contribution in [2.45, 2.75) is 0 Å². The average molecular weight is 323 g/mol. The fourth-order valence-electron chi connectivity index (χ4n) is 2.25. The summed E-state index contributed by atoms with van der Waals surface area (Å²) in [6.07, 6.45) is 0. The van der Waals surface area contributed by atoms with Crippen molar-refractivity contribution < 1.29 is 13.2 Å². The summed E-state index contributed by atoms with van der Waals surface area (Å²) in [5, 5.41) is 12.7. The molecule has 0 saturated carbocycles. The highest BCUT2D eigenvalue weighted by atomic mass is 35.5. The van der Waals surface area contributed by atoms with E-state index in [1.54, 1.807) is 42.5 Å². The molecule has 0 unspecified atom stereocenters. The molecule has 1 N–H and O–H groups in total. The van der Waals surface area contributed by atoms with E-state index >= 15 is 0 Å². The van der Waals surface area contributed by atoms with Crippen molar-refractivity contribution in [1.82, 2.24) is 0 Å². The second kappa shape index (κ2) is 5.05. The van der Waals surface area contributed by atoms with Crippen LogP contribution in [0.3, 0.4) is 0 Å². The molecule has 3 rings (SSSR count). The van der Waals surface area contributed by atoms with Crippen molar-refractivity contribution in [2.75, 3.05) is 10.6 Å². The Morgan fingerprint density at radius 3 is 2.57 bits per heavy atom. The predicted octanol–water partition coefficient (Wildman–Crippen LogP) is 2.40. The van der Waals surface area contributed by atoms with Gasteiger partial charge in [-0.15, -0.1) is 0 Å². The number of hydrogen-bond acceptors (Lipinski definition) is 3. The number of halogens is 1. The van der Waals surface area contributed by atoms with Gasteiger partial charge in [0.2, 0.25) is 5.71 Å². The van der Waals surface area contributed by atoms with E-state index in [1.807, 2.05) is 6.07 Å². The molecule has 21 heavy (non-hydrogen) atoms. The SMILES string of the molecule is O=S1(=O)C[N+]([O-])=C(c2ccccc2)c2cc(Cl)ccc2N1. The quantitative estimate of drug-likeness (QED) is 0.647. The number of rotatable bonds is 1. The molecule has 0 amide bonds. The Morgan fingerprint density at radius 2 is 1.86 bits per heavy atom. The molecule has 0 saturated heterocycles. The largest absolute Gasteiger partial charge is 0.623 e. The zero-order valence-electron chi connectivity index (χ0n) is 10.8. The van der Waals surface area contributed by atoms with Crippen LogP contribution in [-0.2, 0) is 10.0 Å². The van der Waals surface area contributed by atoms with Crippen LogP contribution >= 0.6 is 11.6 Å². The first kappa shape index (κ1) is 13.9. The maximum absolute atomic E-state index is 12.3. The van der Waals surface area contributed by atoms with Crippen LogP contribution in [0.1, 0.15) is 11.1 Å². The molecular weight excluding hydrogens is 312 g/mol.